The Bertz CT molecular complexity index is 1390. The van der Waals surface area contributed by atoms with Crippen LogP contribution in [0.25, 0.3) is 10.9 Å². The van der Waals surface area contributed by atoms with E-state index < -0.39 is 5.41 Å². The molecule has 8 nitrogen and oxygen atoms in total. The van der Waals surface area contributed by atoms with Crippen LogP contribution >= 0.6 is 0 Å². The lowest BCUT2D eigenvalue weighted by Crippen LogP contribution is -2.21. The molecule has 1 fully saturated rings. The van der Waals surface area contributed by atoms with Crippen molar-refractivity contribution in [1.29, 1.82) is 0 Å². The summed E-state index contributed by atoms with van der Waals surface area (Å²) in [4.78, 5) is 12.9. The van der Waals surface area contributed by atoms with Gasteiger partial charge in [0, 0.05) is 23.2 Å². The van der Waals surface area contributed by atoms with Gasteiger partial charge in [0.2, 0.25) is 5.91 Å². The molecule has 3 heterocycles. The van der Waals surface area contributed by atoms with Crippen LogP contribution in [0, 0.1) is 13.8 Å². The van der Waals surface area contributed by atoms with E-state index in [0.29, 0.717) is 6.54 Å². The van der Waals surface area contributed by atoms with Crippen LogP contribution in [0.5, 0.6) is 0 Å². The average Bonchev–Trinajstić information content (AvgIpc) is 3.14. The molecule has 8 heteroatoms. The predicted octanol–water partition coefficient (Wildman–Crippen LogP) is 3.49. The first kappa shape index (κ1) is 19.1. The molecule has 0 unspecified atom stereocenters. The molecule has 0 radical (unpaired) electrons. The molecule has 0 bridgehead atoms. The number of aliphatic hydroxyl groups is 1. The number of H-pyrrole nitrogens is 1. The van der Waals surface area contributed by atoms with Crippen molar-refractivity contribution in [2.45, 2.75) is 38.1 Å². The van der Waals surface area contributed by atoms with Gasteiger partial charge < -0.3 is 15.7 Å². The highest BCUT2D eigenvalue weighted by Gasteiger charge is 2.65. The fourth-order valence-electron chi connectivity index (χ4n) is 5.04. The van der Waals surface area contributed by atoms with Crippen molar-refractivity contribution < 1.29 is 9.90 Å². The topological polar surface area (TPSA) is 108 Å². The van der Waals surface area contributed by atoms with Crippen molar-refractivity contribution >= 4 is 34.0 Å². The van der Waals surface area contributed by atoms with Crippen LogP contribution in [-0.4, -0.2) is 37.6 Å². The second-order valence-corrected chi connectivity index (χ2v) is 8.85. The van der Waals surface area contributed by atoms with Gasteiger partial charge in [-0.25, -0.2) is 0 Å². The summed E-state index contributed by atoms with van der Waals surface area (Å²) in [5, 5.41) is 28.5. The molecule has 1 spiro atoms. The van der Waals surface area contributed by atoms with Gasteiger partial charge in [-0.05, 0) is 49.6 Å². The Morgan fingerprint density at radius 1 is 1.25 bits per heavy atom. The Morgan fingerprint density at radius 2 is 2.12 bits per heavy atom. The third kappa shape index (κ3) is 2.69. The number of amides is 1. The fourth-order valence-corrected chi connectivity index (χ4v) is 5.04. The highest BCUT2D eigenvalue weighted by Crippen LogP contribution is 2.65. The number of nitrogens with one attached hydrogen (secondary N) is 3. The Morgan fingerprint density at radius 3 is 2.97 bits per heavy atom. The molecule has 2 aliphatic rings. The van der Waals surface area contributed by atoms with E-state index >= 15 is 0 Å². The van der Waals surface area contributed by atoms with Crippen LogP contribution < -0.4 is 10.6 Å². The second-order valence-electron chi connectivity index (χ2n) is 8.85. The second kappa shape index (κ2) is 6.67. The van der Waals surface area contributed by atoms with Crippen LogP contribution in [0.2, 0.25) is 0 Å². The number of carbonyl (C=O) groups is 1. The zero-order valence-corrected chi connectivity index (χ0v) is 17.9. The third-order valence-corrected chi connectivity index (χ3v) is 6.79. The molecule has 4 aromatic rings. The molecule has 0 saturated heterocycles. The van der Waals surface area contributed by atoms with Gasteiger partial charge in [0.1, 0.15) is 0 Å². The highest BCUT2D eigenvalue weighted by atomic mass is 16.3. The first-order valence-electron chi connectivity index (χ1n) is 10.8. The summed E-state index contributed by atoms with van der Waals surface area (Å²) in [5.41, 5.74) is 6.54. The molecule has 2 aromatic carbocycles. The van der Waals surface area contributed by atoms with Crippen molar-refractivity contribution in [3.63, 3.8) is 0 Å². The van der Waals surface area contributed by atoms with Gasteiger partial charge in [0.15, 0.2) is 5.82 Å². The minimum absolute atomic E-state index is 0.0411. The number of hydrogen-bond donors (Lipinski definition) is 4. The minimum Gasteiger partial charge on any atom is -0.394 e. The van der Waals surface area contributed by atoms with E-state index in [0.717, 1.165) is 51.3 Å². The summed E-state index contributed by atoms with van der Waals surface area (Å²) in [6.07, 6.45) is 2.69. The lowest BCUT2D eigenvalue weighted by atomic mass is 9.91. The van der Waals surface area contributed by atoms with E-state index in [9.17, 15) is 4.79 Å². The van der Waals surface area contributed by atoms with E-state index in [1.165, 1.54) is 5.56 Å². The van der Waals surface area contributed by atoms with Crippen LogP contribution in [-0.2, 0) is 16.8 Å². The summed E-state index contributed by atoms with van der Waals surface area (Å²) in [6, 6.07) is 12.5. The molecule has 4 N–H and O–H groups in total. The molecular weight excluding hydrogens is 404 g/mol. The molecule has 2 atom stereocenters. The molecule has 1 aliphatic carbocycles. The van der Waals surface area contributed by atoms with E-state index in [2.05, 4.69) is 57.1 Å². The smallest absolute Gasteiger partial charge is 0.235 e. The van der Waals surface area contributed by atoms with E-state index in [-0.39, 0.29) is 18.4 Å². The first-order chi connectivity index (χ1) is 15.5. The molecule has 32 heavy (non-hydrogen) atoms. The maximum Gasteiger partial charge on any atom is 0.235 e. The largest absolute Gasteiger partial charge is 0.394 e. The summed E-state index contributed by atoms with van der Waals surface area (Å²) < 4.78 is 1.71. The quantitative estimate of drug-likeness (QED) is 0.389. The van der Waals surface area contributed by atoms with Crippen molar-refractivity contribution in [3.8, 4) is 0 Å². The number of aryl methyl sites for hydroxylation is 2. The Balaban J connectivity index is 1.30. The minimum atomic E-state index is -0.450. The highest BCUT2D eigenvalue weighted by molar-refractivity contribution is 6.10. The molecule has 1 aliphatic heterocycles. The molecular formula is C24H24N6O2. The number of carbonyl (C=O) groups excluding carboxylic acids is 1. The number of aromatic amines is 1. The normalized spacial score (nSPS) is 21.2. The van der Waals surface area contributed by atoms with Gasteiger partial charge >= 0.3 is 0 Å². The van der Waals surface area contributed by atoms with Crippen LogP contribution in [0.3, 0.4) is 0 Å². The standard InChI is InChI=1S/C24H24N6O2/c1-13-3-6-19-17(9-13)24(23(32)26-19)11-18(24)15-4-5-16-20(10-15)27-28-22(16)25-21-12-30(7-8-31)29-14(21)2/h3-6,9-10,12,18,31H,7-8,11H2,1-2H3,(H,26,32)(H2,25,27,28)/t18-,24-/m0/s1. The Labute approximate surface area is 184 Å². The van der Waals surface area contributed by atoms with Crippen molar-refractivity contribution in [2.24, 2.45) is 0 Å². The molecule has 6 rings (SSSR count). The fraction of sp³-hybridized carbons (Fsp3) is 0.292. The summed E-state index contributed by atoms with van der Waals surface area (Å²) >= 11 is 0. The van der Waals surface area contributed by atoms with E-state index in [1.807, 2.05) is 25.3 Å². The zero-order chi connectivity index (χ0) is 22.0. The average molecular weight is 428 g/mol. The lowest BCUT2D eigenvalue weighted by molar-refractivity contribution is -0.118. The van der Waals surface area contributed by atoms with Gasteiger partial charge in [-0.15, -0.1) is 0 Å². The zero-order valence-electron chi connectivity index (χ0n) is 17.9. The predicted molar refractivity (Wildman–Crippen MR) is 122 cm³/mol. The van der Waals surface area contributed by atoms with Gasteiger partial charge in [-0.3, -0.25) is 14.6 Å². The van der Waals surface area contributed by atoms with Crippen LogP contribution in [0.15, 0.2) is 42.6 Å². The Kier molecular flexibility index (Phi) is 3.98. The molecule has 1 amide bonds. The number of aliphatic hydroxyl groups excluding tert-OH is 1. The molecule has 162 valence electrons. The van der Waals surface area contributed by atoms with Crippen LogP contribution in [0.1, 0.15) is 34.7 Å². The van der Waals surface area contributed by atoms with Gasteiger partial charge in [0.05, 0.1) is 35.5 Å². The number of fused-ring (bicyclic) bond motifs is 3. The first-order valence-corrected chi connectivity index (χ1v) is 10.8. The lowest BCUT2D eigenvalue weighted by Gasteiger charge is -2.10. The number of nitrogens with zero attached hydrogens (tertiary/aromatic N) is 3. The van der Waals surface area contributed by atoms with Gasteiger partial charge in [0.25, 0.3) is 0 Å². The maximum absolute atomic E-state index is 12.9. The molecule has 2 aromatic heterocycles. The monoisotopic (exact) mass is 428 g/mol. The maximum atomic E-state index is 12.9. The SMILES string of the molecule is Cc1ccc2c(c1)[C@]1(C[C@H]1c1ccc3c(Nc4cn(CCO)nc4C)n[nH]c3c1)C(=O)N2. The summed E-state index contributed by atoms with van der Waals surface area (Å²) in [7, 11) is 0. The van der Waals surface area contributed by atoms with Gasteiger partial charge in [-0.2, -0.15) is 10.2 Å². The summed E-state index contributed by atoms with van der Waals surface area (Å²) in [5.74, 6) is 0.988. The van der Waals surface area contributed by atoms with Crippen LogP contribution in [0.4, 0.5) is 17.2 Å². The number of benzene rings is 2. The van der Waals surface area contributed by atoms with E-state index in [1.54, 1.807) is 4.68 Å². The molecule has 1 saturated carbocycles. The number of aromatic nitrogens is 4. The van der Waals surface area contributed by atoms with Crippen molar-refractivity contribution in [1.82, 2.24) is 20.0 Å². The number of rotatable bonds is 5. The number of hydrogen-bond acceptors (Lipinski definition) is 5. The van der Waals surface area contributed by atoms with Crippen molar-refractivity contribution in [3.05, 3.63) is 65.0 Å². The van der Waals surface area contributed by atoms with Crippen molar-refractivity contribution in [2.75, 3.05) is 17.2 Å². The number of anilines is 3. The van der Waals surface area contributed by atoms with Gasteiger partial charge in [-0.1, -0.05) is 23.8 Å². The Hall–Kier alpha value is -3.65. The summed E-state index contributed by atoms with van der Waals surface area (Å²) in [6.45, 7) is 4.47. The third-order valence-electron chi connectivity index (χ3n) is 6.79. The van der Waals surface area contributed by atoms with E-state index in [4.69, 9.17) is 5.11 Å².